The summed E-state index contributed by atoms with van der Waals surface area (Å²) in [4.78, 5) is 5.58. The van der Waals surface area contributed by atoms with Crippen LogP contribution in [0.1, 0.15) is 55.8 Å². The zero-order valence-corrected chi connectivity index (χ0v) is 21.4. The summed E-state index contributed by atoms with van der Waals surface area (Å²) in [6, 6.07) is 19.4. The minimum atomic E-state index is -1.29. The van der Waals surface area contributed by atoms with E-state index in [4.69, 9.17) is 11.6 Å². The molecule has 0 spiro atoms. The molecule has 0 saturated heterocycles. The summed E-state index contributed by atoms with van der Waals surface area (Å²) in [6.45, 7) is 7.59. The van der Waals surface area contributed by atoms with Crippen LogP contribution < -0.4 is 4.72 Å². The van der Waals surface area contributed by atoms with Crippen molar-refractivity contribution in [2.75, 3.05) is 0 Å². The fraction of sp³-hybridized carbons (Fsp3) is 0.269. The average molecular weight is 499 g/mol. The third kappa shape index (κ3) is 5.27. The number of aliphatic hydroxyl groups is 1. The van der Waals surface area contributed by atoms with Gasteiger partial charge in [-0.2, -0.15) is 0 Å². The summed E-state index contributed by atoms with van der Waals surface area (Å²) in [6.07, 6.45) is 1.16. The van der Waals surface area contributed by atoms with Gasteiger partial charge in [0.1, 0.15) is 10.8 Å². The van der Waals surface area contributed by atoms with Crippen molar-refractivity contribution in [2.45, 2.75) is 44.6 Å². The molecule has 0 radical (unpaired) electrons. The highest BCUT2D eigenvalue weighted by atomic mass is 35.5. The Morgan fingerprint density at radius 3 is 2.55 bits per heavy atom. The molecule has 4 nitrogen and oxygen atoms in total. The normalized spacial score (nSPS) is 14.9. The fourth-order valence-electron chi connectivity index (χ4n) is 3.55. The van der Waals surface area contributed by atoms with Crippen LogP contribution in [0.3, 0.4) is 0 Å². The molecule has 0 bridgehead atoms. The van der Waals surface area contributed by atoms with Gasteiger partial charge in [0.2, 0.25) is 0 Å². The number of fused-ring (bicyclic) bond motifs is 1. The number of benzene rings is 2. The summed E-state index contributed by atoms with van der Waals surface area (Å²) < 4.78 is 17.1. The first-order valence-corrected chi connectivity index (χ1v) is 13.1. The number of rotatable bonds is 6. The standard InChI is InChI=1S/C26H27ClN2O2S2/c1-16(30)17-12-13-28-22(14-17)20-10-7-8-18-15-23(32-25(18)20)24(29-33(31)26(2,3)4)19-9-5-6-11-21(19)27/h5-16,24,29-30H,1-4H3/t16?,24-,33?/m0/s1. The lowest BCUT2D eigenvalue weighted by molar-refractivity contribution is 0.199. The van der Waals surface area contributed by atoms with E-state index in [1.165, 1.54) is 0 Å². The van der Waals surface area contributed by atoms with E-state index in [9.17, 15) is 9.66 Å². The van der Waals surface area contributed by atoms with Gasteiger partial charge in [0.25, 0.3) is 0 Å². The van der Waals surface area contributed by atoms with Crippen molar-refractivity contribution >= 4 is 44.4 Å². The van der Waals surface area contributed by atoms with Gasteiger partial charge in [-0.3, -0.25) is 4.98 Å². The molecule has 2 unspecified atom stereocenters. The molecule has 7 heteroatoms. The molecule has 2 aromatic heterocycles. The molecular weight excluding hydrogens is 472 g/mol. The van der Waals surface area contributed by atoms with Crippen LogP contribution in [0.5, 0.6) is 0 Å². The first-order chi connectivity index (χ1) is 15.6. The lowest BCUT2D eigenvalue weighted by atomic mass is 10.0. The summed E-state index contributed by atoms with van der Waals surface area (Å²) in [7, 11) is 0. The number of hydrogen-bond acceptors (Lipinski definition) is 5. The molecule has 0 aliphatic carbocycles. The van der Waals surface area contributed by atoms with Gasteiger partial charge in [0, 0.05) is 37.7 Å². The van der Waals surface area contributed by atoms with Crippen molar-refractivity contribution in [3.63, 3.8) is 0 Å². The SMILES string of the molecule is CC(O)c1ccnc(-c2cccc3cc([C@@H](N[S+]([O-])C(C)(C)C)c4ccccc4Cl)sc23)c1. The highest BCUT2D eigenvalue weighted by molar-refractivity contribution is 7.90. The molecule has 4 aromatic rings. The van der Waals surface area contributed by atoms with Crippen LogP contribution in [0.2, 0.25) is 5.02 Å². The van der Waals surface area contributed by atoms with Gasteiger partial charge < -0.3 is 9.66 Å². The smallest absolute Gasteiger partial charge is 0.136 e. The molecule has 4 rings (SSSR count). The van der Waals surface area contributed by atoms with E-state index in [0.717, 1.165) is 37.3 Å². The third-order valence-corrected chi connectivity index (χ3v) is 8.54. The largest absolute Gasteiger partial charge is 0.598 e. The summed E-state index contributed by atoms with van der Waals surface area (Å²) in [5.41, 5.74) is 3.53. The van der Waals surface area contributed by atoms with Gasteiger partial charge in [-0.05, 0) is 68.5 Å². The van der Waals surface area contributed by atoms with E-state index in [1.54, 1.807) is 24.5 Å². The molecule has 0 aliphatic rings. The molecule has 172 valence electrons. The Bertz CT molecular complexity index is 1270. The lowest BCUT2D eigenvalue weighted by Gasteiger charge is -2.28. The third-order valence-electron chi connectivity index (χ3n) is 5.39. The zero-order valence-electron chi connectivity index (χ0n) is 19.0. The van der Waals surface area contributed by atoms with Gasteiger partial charge in [0.05, 0.1) is 11.8 Å². The molecule has 0 saturated carbocycles. The van der Waals surface area contributed by atoms with Crippen molar-refractivity contribution in [2.24, 2.45) is 0 Å². The summed E-state index contributed by atoms with van der Waals surface area (Å²) in [5, 5.41) is 11.7. The van der Waals surface area contributed by atoms with Crippen LogP contribution in [0.4, 0.5) is 0 Å². The van der Waals surface area contributed by atoms with Crippen molar-refractivity contribution in [3.8, 4) is 11.3 Å². The highest BCUT2D eigenvalue weighted by Gasteiger charge is 2.32. The monoisotopic (exact) mass is 498 g/mol. The Kier molecular flexibility index (Phi) is 7.15. The second-order valence-electron chi connectivity index (χ2n) is 8.98. The summed E-state index contributed by atoms with van der Waals surface area (Å²) in [5.74, 6) is 0. The molecule has 2 N–H and O–H groups in total. The first kappa shape index (κ1) is 24.2. The van der Waals surface area contributed by atoms with Crippen LogP contribution in [-0.2, 0) is 11.4 Å². The molecule has 0 aliphatic heterocycles. The Balaban J connectivity index is 1.84. The number of hydrogen-bond donors (Lipinski definition) is 2. The van der Waals surface area contributed by atoms with E-state index < -0.39 is 22.2 Å². The maximum Gasteiger partial charge on any atom is 0.136 e. The van der Waals surface area contributed by atoms with Gasteiger partial charge >= 0.3 is 0 Å². The van der Waals surface area contributed by atoms with Crippen LogP contribution >= 0.6 is 22.9 Å². The van der Waals surface area contributed by atoms with E-state index >= 15 is 0 Å². The van der Waals surface area contributed by atoms with Crippen LogP contribution in [0.15, 0.2) is 66.9 Å². The van der Waals surface area contributed by atoms with E-state index in [2.05, 4.69) is 21.8 Å². The molecule has 2 heterocycles. The van der Waals surface area contributed by atoms with E-state index in [0.29, 0.717) is 5.02 Å². The predicted molar refractivity (Wildman–Crippen MR) is 140 cm³/mol. The molecule has 2 aromatic carbocycles. The minimum absolute atomic E-state index is 0.319. The first-order valence-electron chi connectivity index (χ1n) is 10.7. The van der Waals surface area contributed by atoms with Gasteiger partial charge in [0.15, 0.2) is 0 Å². The number of aliphatic hydroxyl groups excluding tert-OH is 1. The van der Waals surface area contributed by atoms with Crippen LogP contribution in [0.25, 0.3) is 21.3 Å². The Hall–Kier alpha value is -1.93. The van der Waals surface area contributed by atoms with Crippen molar-refractivity contribution in [1.29, 1.82) is 0 Å². The number of thiophene rings is 1. The Morgan fingerprint density at radius 1 is 1.09 bits per heavy atom. The maximum atomic E-state index is 13.1. The van der Waals surface area contributed by atoms with Crippen molar-refractivity contribution in [3.05, 3.63) is 87.9 Å². The molecule has 3 atom stereocenters. The molecule has 0 fully saturated rings. The number of pyridine rings is 1. The molecular formula is C26H27ClN2O2S2. The highest BCUT2D eigenvalue weighted by Crippen LogP contribution is 2.40. The second-order valence-corrected chi connectivity index (χ2v) is 12.5. The van der Waals surface area contributed by atoms with Gasteiger partial charge in [-0.15, -0.1) is 16.1 Å². The fourth-order valence-corrected chi connectivity index (χ4v) is 5.94. The zero-order chi connectivity index (χ0) is 23.8. The van der Waals surface area contributed by atoms with E-state index in [1.807, 2.05) is 69.3 Å². The van der Waals surface area contributed by atoms with Gasteiger partial charge in [-0.1, -0.05) is 48.0 Å². The molecule has 0 amide bonds. The van der Waals surface area contributed by atoms with Crippen LogP contribution in [0, 0.1) is 0 Å². The number of nitrogens with one attached hydrogen (secondary N) is 1. The van der Waals surface area contributed by atoms with E-state index in [-0.39, 0.29) is 6.04 Å². The average Bonchev–Trinajstić information content (AvgIpc) is 3.21. The van der Waals surface area contributed by atoms with Crippen molar-refractivity contribution in [1.82, 2.24) is 9.71 Å². The predicted octanol–water partition coefficient (Wildman–Crippen LogP) is 6.81. The Morgan fingerprint density at radius 2 is 1.85 bits per heavy atom. The second kappa shape index (κ2) is 9.74. The minimum Gasteiger partial charge on any atom is -0.598 e. The topological polar surface area (TPSA) is 68.2 Å². The van der Waals surface area contributed by atoms with Gasteiger partial charge in [-0.25, -0.2) is 0 Å². The van der Waals surface area contributed by atoms with Crippen molar-refractivity contribution < 1.29 is 9.66 Å². The lowest BCUT2D eigenvalue weighted by Crippen LogP contribution is -2.41. The number of nitrogens with zero attached hydrogens (tertiary/aromatic N) is 1. The quantitative estimate of drug-likeness (QED) is 0.286. The molecule has 33 heavy (non-hydrogen) atoms. The number of aromatic nitrogens is 1. The Labute approximate surface area is 207 Å². The number of halogens is 1. The maximum absolute atomic E-state index is 13.1. The van der Waals surface area contributed by atoms with Crippen LogP contribution in [-0.4, -0.2) is 19.4 Å². The summed E-state index contributed by atoms with van der Waals surface area (Å²) >= 11 is 6.92.